The van der Waals surface area contributed by atoms with Crippen molar-refractivity contribution in [3.05, 3.63) is 46.5 Å². The number of thiazole rings is 1. The Labute approximate surface area is 160 Å². The maximum absolute atomic E-state index is 13.1. The first-order valence-electron chi connectivity index (χ1n) is 9.07. The van der Waals surface area contributed by atoms with Gasteiger partial charge in [-0.15, -0.1) is 0 Å². The number of aryl methyl sites for hydroxylation is 1. The lowest BCUT2D eigenvalue weighted by molar-refractivity contribution is -0.138. The number of amides is 2. The fraction of sp³-hybridized carbons (Fsp3) is 0.421. The molecule has 3 atom stereocenters. The SMILES string of the molecule is Cc1nc(N)sc1C(=O)N1CC[C@@]23O[C@H](c4ccccc4)CN2C(=O)C[C@@H]13. The van der Waals surface area contributed by atoms with Gasteiger partial charge in [-0.25, -0.2) is 4.98 Å². The van der Waals surface area contributed by atoms with Gasteiger partial charge in [0.15, 0.2) is 10.9 Å². The first kappa shape index (κ1) is 16.7. The largest absolute Gasteiger partial charge is 0.375 e. The van der Waals surface area contributed by atoms with E-state index in [1.165, 1.54) is 11.3 Å². The number of likely N-dealkylation sites (tertiary alicyclic amines) is 1. The predicted octanol–water partition coefficient (Wildman–Crippen LogP) is 1.95. The number of anilines is 1. The molecule has 2 N–H and O–H groups in total. The summed E-state index contributed by atoms with van der Waals surface area (Å²) in [5.74, 6) is -0.0542. The molecule has 3 aliphatic rings. The molecule has 3 aliphatic heterocycles. The van der Waals surface area contributed by atoms with Crippen LogP contribution in [0.2, 0.25) is 0 Å². The van der Waals surface area contributed by atoms with Gasteiger partial charge in [0.25, 0.3) is 5.91 Å². The minimum Gasteiger partial charge on any atom is -0.375 e. The summed E-state index contributed by atoms with van der Waals surface area (Å²) in [5.41, 5.74) is 6.75. The van der Waals surface area contributed by atoms with Crippen molar-refractivity contribution < 1.29 is 14.3 Å². The summed E-state index contributed by atoms with van der Waals surface area (Å²) in [6, 6.07) is 9.68. The Morgan fingerprint density at radius 1 is 1.37 bits per heavy atom. The van der Waals surface area contributed by atoms with E-state index in [1.807, 2.05) is 35.2 Å². The summed E-state index contributed by atoms with van der Waals surface area (Å²) in [6.45, 7) is 2.88. The molecular formula is C19H20N4O3S. The van der Waals surface area contributed by atoms with E-state index in [9.17, 15) is 9.59 Å². The van der Waals surface area contributed by atoms with E-state index in [0.29, 0.717) is 41.6 Å². The highest BCUT2D eigenvalue weighted by atomic mass is 32.1. The number of benzene rings is 1. The summed E-state index contributed by atoms with van der Waals surface area (Å²) >= 11 is 1.20. The van der Waals surface area contributed by atoms with E-state index >= 15 is 0 Å². The minimum atomic E-state index is -0.711. The van der Waals surface area contributed by atoms with Crippen LogP contribution >= 0.6 is 11.3 Å². The number of carbonyl (C=O) groups is 2. The molecule has 3 fully saturated rings. The van der Waals surface area contributed by atoms with Crippen LogP contribution in [0.5, 0.6) is 0 Å². The molecule has 4 heterocycles. The van der Waals surface area contributed by atoms with Crippen molar-refractivity contribution >= 4 is 28.3 Å². The third kappa shape index (κ3) is 2.33. The van der Waals surface area contributed by atoms with Crippen molar-refractivity contribution in [2.75, 3.05) is 18.8 Å². The number of nitrogens with two attached hydrogens (primary N) is 1. The van der Waals surface area contributed by atoms with E-state index in [-0.39, 0.29) is 24.0 Å². The maximum Gasteiger partial charge on any atom is 0.266 e. The maximum atomic E-state index is 13.1. The molecule has 27 heavy (non-hydrogen) atoms. The molecule has 0 bridgehead atoms. The molecule has 1 aromatic carbocycles. The van der Waals surface area contributed by atoms with Crippen molar-refractivity contribution in [2.24, 2.45) is 0 Å². The van der Waals surface area contributed by atoms with Crippen LogP contribution in [0.4, 0.5) is 5.13 Å². The first-order valence-corrected chi connectivity index (χ1v) is 9.88. The van der Waals surface area contributed by atoms with Crippen LogP contribution in [0.3, 0.4) is 0 Å². The van der Waals surface area contributed by atoms with E-state index in [0.717, 1.165) is 5.56 Å². The number of nitrogen functional groups attached to an aromatic ring is 1. The van der Waals surface area contributed by atoms with Gasteiger partial charge in [0.2, 0.25) is 5.91 Å². The first-order chi connectivity index (χ1) is 13.0. The minimum absolute atomic E-state index is 0.0523. The molecule has 0 unspecified atom stereocenters. The van der Waals surface area contributed by atoms with E-state index in [2.05, 4.69) is 4.98 Å². The highest BCUT2D eigenvalue weighted by molar-refractivity contribution is 7.17. The topological polar surface area (TPSA) is 88.8 Å². The molecule has 7 nitrogen and oxygen atoms in total. The van der Waals surface area contributed by atoms with Gasteiger partial charge in [-0.3, -0.25) is 9.59 Å². The van der Waals surface area contributed by atoms with Crippen LogP contribution in [-0.4, -0.2) is 51.5 Å². The second-order valence-corrected chi connectivity index (χ2v) is 8.33. The van der Waals surface area contributed by atoms with Crippen LogP contribution in [0.15, 0.2) is 30.3 Å². The van der Waals surface area contributed by atoms with Crippen LogP contribution in [0, 0.1) is 6.92 Å². The molecule has 5 rings (SSSR count). The molecule has 2 amide bonds. The number of aromatic nitrogens is 1. The predicted molar refractivity (Wildman–Crippen MR) is 100 cm³/mol. The highest BCUT2D eigenvalue weighted by Crippen LogP contribution is 2.51. The molecule has 140 valence electrons. The Balaban J connectivity index is 1.46. The van der Waals surface area contributed by atoms with Crippen molar-refractivity contribution in [3.63, 3.8) is 0 Å². The van der Waals surface area contributed by atoms with E-state index < -0.39 is 5.72 Å². The van der Waals surface area contributed by atoms with E-state index in [1.54, 1.807) is 11.8 Å². The van der Waals surface area contributed by atoms with Crippen LogP contribution < -0.4 is 5.73 Å². The van der Waals surface area contributed by atoms with Gasteiger partial charge in [-0.05, 0) is 12.5 Å². The molecule has 3 saturated heterocycles. The van der Waals surface area contributed by atoms with Gasteiger partial charge in [-0.1, -0.05) is 41.7 Å². The van der Waals surface area contributed by atoms with Crippen molar-refractivity contribution in [3.8, 4) is 0 Å². The zero-order valence-corrected chi connectivity index (χ0v) is 15.7. The second-order valence-electron chi connectivity index (χ2n) is 7.30. The summed E-state index contributed by atoms with van der Waals surface area (Å²) in [6.07, 6.45) is 0.778. The monoisotopic (exact) mass is 384 g/mol. The lowest BCUT2D eigenvalue weighted by atomic mass is 10.1. The highest BCUT2D eigenvalue weighted by Gasteiger charge is 2.65. The van der Waals surface area contributed by atoms with Crippen molar-refractivity contribution in [1.29, 1.82) is 0 Å². The van der Waals surface area contributed by atoms with Gasteiger partial charge in [0.05, 0.1) is 24.7 Å². The second kappa shape index (κ2) is 5.77. The number of ether oxygens (including phenoxy) is 1. The van der Waals surface area contributed by atoms with Crippen molar-refractivity contribution in [2.45, 2.75) is 37.6 Å². The quantitative estimate of drug-likeness (QED) is 0.855. The molecule has 1 aromatic heterocycles. The summed E-state index contributed by atoms with van der Waals surface area (Å²) < 4.78 is 6.48. The average Bonchev–Trinajstić information content (AvgIpc) is 3.36. The van der Waals surface area contributed by atoms with Crippen LogP contribution in [0.1, 0.15) is 39.9 Å². The number of nitrogens with zero attached hydrogens (tertiary/aromatic N) is 3. The van der Waals surface area contributed by atoms with Gasteiger partial charge >= 0.3 is 0 Å². The van der Waals surface area contributed by atoms with Crippen LogP contribution in [0.25, 0.3) is 0 Å². The molecule has 2 aromatic rings. The number of hydrogen-bond acceptors (Lipinski definition) is 6. The molecule has 0 aliphatic carbocycles. The summed E-state index contributed by atoms with van der Waals surface area (Å²) in [5, 5.41) is 0.384. The van der Waals surface area contributed by atoms with Gasteiger partial charge in [0.1, 0.15) is 11.0 Å². The Morgan fingerprint density at radius 3 is 2.85 bits per heavy atom. The van der Waals surface area contributed by atoms with Gasteiger partial charge < -0.3 is 20.3 Å². The Morgan fingerprint density at radius 2 is 2.15 bits per heavy atom. The average molecular weight is 384 g/mol. The van der Waals surface area contributed by atoms with Gasteiger partial charge in [-0.2, -0.15) is 0 Å². The Bertz CT molecular complexity index is 930. The lowest BCUT2D eigenvalue weighted by Crippen LogP contribution is -2.48. The number of hydrogen-bond donors (Lipinski definition) is 1. The zero-order valence-electron chi connectivity index (χ0n) is 14.9. The number of carbonyl (C=O) groups excluding carboxylic acids is 2. The Hall–Kier alpha value is -2.45. The Kier molecular flexibility index (Phi) is 3.57. The lowest BCUT2D eigenvalue weighted by Gasteiger charge is -2.31. The number of rotatable bonds is 2. The summed E-state index contributed by atoms with van der Waals surface area (Å²) in [7, 11) is 0. The standard InChI is InChI=1S/C19H20N4O3S/c1-11-16(27-18(20)21-11)17(25)22-8-7-19-14(22)9-15(24)23(19)10-13(26-19)12-5-3-2-4-6-12/h2-6,13-14H,7-10H2,1H3,(H2,20,21)/t13-,14+,19-/m0/s1. The molecule has 0 saturated carbocycles. The summed E-state index contributed by atoms with van der Waals surface area (Å²) in [4.78, 5) is 34.2. The normalized spacial score (nSPS) is 29.3. The molecule has 8 heteroatoms. The zero-order chi connectivity index (χ0) is 18.8. The van der Waals surface area contributed by atoms with Crippen LogP contribution in [-0.2, 0) is 9.53 Å². The van der Waals surface area contributed by atoms with E-state index in [4.69, 9.17) is 10.5 Å². The third-order valence-electron chi connectivity index (χ3n) is 5.87. The fourth-order valence-corrected chi connectivity index (χ4v) is 5.44. The molecular weight excluding hydrogens is 364 g/mol. The third-order valence-corrected chi connectivity index (χ3v) is 6.84. The fourth-order valence-electron chi connectivity index (χ4n) is 4.66. The van der Waals surface area contributed by atoms with Gasteiger partial charge in [0, 0.05) is 13.0 Å². The smallest absolute Gasteiger partial charge is 0.266 e. The van der Waals surface area contributed by atoms with Crippen molar-refractivity contribution in [1.82, 2.24) is 14.8 Å². The molecule has 0 radical (unpaired) electrons. The molecule has 1 spiro atoms.